The van der Waals surface area contributed by atoms with Crippen LogP contribution in [0.5, 0.6) is 5.75 Å². The normalized spacial score (nSPS) is 21.4. The van der Waals surface area contributed by atoms with Crippen LogP contribution in [0.1, 0.15) is 32.3 Å². The van der Waals surface area contributed by atoms with Crippen molar-refractivity contribution in [1.82, 2.24) is 4.31 Å². The van der Waals surface area contributed by atoms with E-state index in [1.807, 2.05) is 36.9 Å². The zero-order valence-electron chi connectivity index (χ0n) is 18.1. The number of carbonyl (C=O) groups is 1. The first-order chi connectivity index (χ1) is 15.2. The van der Waals surface area contributed by atoms with Gasteiger partial charge in [0.15, 0.2) is 0 Å². The predicted octanol–water partition coefficient (Wildman–Crippen LogP) is 4.88. The summed E-state index contributed by atoms with van der Waals surface area (Å²) in [6, 6.07) is 10.5. The standard InChI is InChI=1S/C23H26BrClN2O4S/c1-3-31-22-9-7-19(13-20(22)25)32(29,30)26-10-4-5-16(14-26)23(28)27-15(2)11-17-12-18(24)6-8-21(17)27/h6-9,12-13,15-16H,3-5,10-11,14H2,1-2H3. The van der Waals surface area contributed by atoms with Crippen molar-refractivity contribution in [2.24, 2.45) is 5.92 Å². The summed E-state index contributed by atoms with van der Waals surface area (Å²) in [5.74, 6) is 0.0603. The third-order valence-electron chi connectivity index (χ3n) is 6.07. The van der Waals surface area contributed by atoms with Gasteiger partial charge in [-0.25, -0.2) is 8.42 Å². The molecule has 172 valence electrons. The highest BCUT2D eigenvalue weighted by Crippen LogP contribution is 2.37. The van der Waals surface area contributed by atoms with Crippen LogP contribution in [-0.2, 0) is 21.2 Å². The topological polar surface area (TPSA) is 66.9 Å². The summed E-state index contributed by atoms with van der Waals surface area (Å²) < 4.78 is 34.4. The van der Waals surface area contributed by atoms with Gasteiger partial charge in [-0.1, -0.05) is 27.5 Å². The van der Waals surface area contributed by atoms with Crippen LogP contribution in [-0.4, -0.2) is 44.4 Å². The maximum atomic E-state index is 13.5. The van der Waals surface area contributed by atoms with Gasteiger partial charge in [0, 0.05) is 29.3 Å². The van der Waals surface area contributed by atoms with Gasteiger partial charge in [-0.3, -0.25) is 4.79 Å². The van der Waals surface area contributed by atoms with Crippen molar-refractivity contribution in [2.45, 2.75) is 44.0 Å². The third kappa shape index (κ3) is 4.42. The van der Waals surface area contributed by atoms with E-state index in [1.54, 1.807) is 6.07 Å². The van der Waals surface area contributed by atoms with E-state index in [9.17, 15) is 13.2 Å². The lowest BCUT2D eigenvalue weighted by atomic mass is 9.97. The number of halogens is 2. The lowest BCUT2D eigenvalue weighted by Crippen LogP contribution is -2.48. The molecule has 0 spiro atoms. The van der Waals surface area contributed by atoms with E-state index in [-0.39, 0.29) is 34.3 Å². The number of carbonyl (C=O) groups excluding carboxylic acids is 1. The number of fused-ring (bicyclic) bond motifs is 1. The Kier molecular flexibility index (Phi) is 6.86. The van der Waals surface area contributed by atoms with Gasteiger partial charge < -0.3 is 9.64 Å². The summed E-state index contributed by atoms with van der Waals surface area (Å²) >= 11 is 9.72. The summed E-state index contributed by atoms with van der Waals surface area (Å²) in [5.41, 5.74) is 2.05. The fourth-order valence-electron chi connectivity index (χ4n) is 4.56. The molecule has 0 aliphatic carbocycles. The molecule has 2 unspecified atom stereocenters. The number of hydrogen-bond donors (Lipinski definition) is 0. The fraction of sp³-hybridized carbons (Fsp3) is 0.435. The molecule has 32 heavy (non-hydrogen) atoms. The molecule has 6 nitrogen and oxygen atoms in total. The van der Waals surface area contributed by atoms with E-state index in [4.69, 9.17) is 16.3 Å². The van der Waals surface area contributed by atoms with Crippen LogP contribution >= 0.6 is 27.5 Å². The molecular weight excluding hydrogens is 516 g/mol. The van der Waals surface area contributed by atoms with E-state index in [0.717, 1.165) is 22.1 Å². The number of benzene rings is 2. The molecule has 2 aromatic carbocycles. The molecule has 2 aromatic rings. The smallest absolute Gasteiger partial charge is 0.243 e. The highest BCUT2D eigenvalue weighted by Gasteiger charge is 2.39. The van der Waals surface area contributed by atoms with Crippen molar-refractivity contribution in [3.8, 4) is 5.75 Å². The van der Waals surface area contributed by atoms with E-state index in [0.29, 0.717) is 31.7 Å². The molecule has 1 amide bonds. The van der Waals surface area contributed by atoms with Crippen LogP contribution in [0.15, 0.2) is 45.8 Å². The molecular formula is C23H26BrClN2O4S. The van der Waals surface area contributed by atoms with Crippen LogP contribution in [0.3, 0.4) is 0 Å². The quantitative estimate of drug-likeness (QED) is 0.541. The van der Waals surface area contributed by atoms with Crippen LogP contribution < -0.4 is 9.64 Å². The number of anilines is 1. The number of nitrogens with zero attached hydrogens (tertiary/aromatic N) is 2. The average molecular weight is 542 g/mol. The number of amides is 1. The Morgan fingerprint density at radius 2 is 2.03 bits per heavy atom. The van der Waals surface area contributed by atoms with Gasteiger partial charge in [-0.05, 0) is 75.1 Å². The van der Waals surface area contributed by atoms with E-state index in [1.165, 1.54) is 16.4 Å². The Morgan fingerprint density at radius 1 is 1.25 bits per heavy atom. The minimum absolute atomic E-state index is 0.0109. The van der Waals surface area contributed by atoms with Gasteiger partial charge in [-0.2, -0.15) is 4.31 Å². The Balaban J connectivity index is 1.55. The highest BCUT2D eigenvalue weighted by molar-refractivity contribution is 9.10. The van der Waals surface area contributed by atoms with Crippen LogP contribution in [0, 0.1) is 5.92 Å². The molecule has 0 N–H and O–H groups in total. The Hall–Kier alpha value is -1.61. The maximum absolute atomic E-state index is 13.5. The second-order valence-corrected chi connectivity index (χ2v) is 11.5. The Morgan fingerprint density at radius 3 is 2.75 bits per heavy atom. The number of piperidine rings is 1. The van der Waals surface area contributed by atoms with E-state index >= 15 is 0 Å². The van der Waals surface area contributed by atoms with Crippen LogP contribution in [0.25, 0.3) is 0 Å². The minimum atomic E-state index is -3.77. The first-order valence-electron chi connectivity index (χ1n) is 10.8. The van der Waals surface area contributed by atoms with Crippen molar-refractivity contribution in [3.63, 3.8) is 0 Å². The van der Waals surface area contributed by atoms with Gasteiger partial charge in [0.05, 0.1) is 22.4 Å². The van der Waals surface area contributed by atoms with Crippen LogP contribution in [0.2, 0.25) is 5.02 Å². The predicted molar refractivity (Wildman–Crippen MR) is 129 cm³/mol. The van der Waals surface area contributed by atoms with Crippen molar-refractivity contribution in [2.75, 3.05) is 24.6 Å². The largest absolute Gasteiger partial charge is 0.492 e. The molecule has 9 heteroatoms. The number of sulfonamides is 1. The molecule has 0 bridgehead atoms. The second kappa shape index (κ2) is 9.33. The Labute approximate surface area is 202 Å². The lowest BCUT2D eigenvalue weighted by Gasteiger charge is -2.34. The van der Waals surface area contributed by atoms with Gasteiger partial charge in [0.25, 0.3) is 0 Å². The first kappa shape index (κ1) is 23.5. The summed E-state index contributed by atoms with van der Waals surface area (Å²) in [6.45, 7) is 4.86. The van der Waals surface area contributed by atoms with Crippen molar-refractivity contribution in [1.29, 1.82) is 0 Å². The molecule has 0 aromatic heterocycles. The van der Waals surface area contributed by atoms with Gasteiger partial charge >= 0.3 is 0 Å². The SMILES string of the molecule is CCOc1ccc(S(=O)(=O)N2CCCC(C(=O)N3c4ccc(Br)cc4CC3C)C2)cc1Cl. The minimum Gasteiger partial charge on any atom is -0.492 e. The van der Waals surface area contributed by atoms with Gasteiger partial charge in [0.1, 0.15) is 5.75 Å². The molecule has 1 fully saturated rings. The fourth-order valence-corrected chi connectivity index (χ4v) is 6.82. The highest BCUT2D eigenvalue weighted by atomic mass is 79.9. The van der Waals surface area contributed by atoms with Crippen molar-refractivity contribution >= 4 is 49.1 Å². The first-order valence-corrected chi connectivity index (χ1v) is 13.4. The summed E-state index contributed by atoms with van der Waals surface area (Å²) in [6.07, 6.45) is 2.10. The molecule has 1 saturated heterocycles. The second-order valence-electron chi connectivity index (χ2n) is 8.26. The van der Waals surface area contributed by atoms with Crippen molar-refractivity contribution in [3.05, 3.63) is 51.5 Å². The molecule has 0 radical (unpaired) electrons. The monoisotopic (exact) mass is 540 g/mol. The van der Waals surface area contributed by atoms with E-state index in [2.05, 4.69) is 15.9 Å². The molecule has 2 aliphatic rings. The molecule has 4 rings (SSSR count). The Bertz CT molecular complexity index is 1140. The summed E-state index contributed by atoms with van der Waals surface area (Å²) in [4.78, 5) is 15.5. The van der Waals surface area contributed by atoms with Gasteiger partial charge in [0.2, 0.25) is 15.9 Å². The average Bonchev–Trinajstić information content (AvgIpc) is 3.09. The van der Waals surface area contributed by atoms with Gasteiger partial charge in [-0.15, -0.1) is 0 Å². The lowest BCUT2D eigenvalue weighted by molar-refractivity contribution is -0.123. The third-order valence-corrected chi connectivity index (χ3v) is 8.72. The molecule has 2 aliphatic heterocycles. The molecule has 0 saturated carbocycles. The van der Waals surface area contributed by atoms with Crippen molar-refractivity contribution < 1.29 is 17.9 Å². The molecule has 2 heterocycles. The van der Waals surface area contributed by atoms with E-state index < -0.39 is 10.0 Å². The zero-order valence-corrected chi connectivity index (χ0v) is 21.2. The zero-order chi connectivity index (χ0) is 23.0. The molecule has 2 atom stereocenters. The summed E-state index contributed by atoms with van der Waals surface area (Å²) in [5, 5.41) is 0.256. The number of hydrogen-bond acceptors (Lipinski definition) is 4. The maximum Gasteiger partial charge on any atom is 0.243 e. The van der Waals surface area contributed by atoms with Crippen LogP contribution in [0.4, 0.5) is 5.69 Å². The number of rotatable bonds is 5. The number of ether oxygens (including phenoxy) is 1. The summed E-state index contributed by atoms with van der Waals surface area (Å²) in [7, 11) is -3.77.